The van der Waals surface area contributed by atoms with E-state index in [4.69, 9.17) is 5.73 Å². The van der Waals surface area contributed by atoms with Gasteiger partial charge in [-0.1, -0.05) is 26.2 Å². The van der Waals surface area contributed by atoms with Crippen LogP contribution in [-0.2, 0) is 4.79 Å². The number of aliphatic hydroxyl groups is 1. The molecule has 1 rings (SSSR count). The Morgan fingerprint density at radius 2 is 2.00 bits per heavy atom. The molecule has 0 heterocycles. The topological polar surface area (TPSA) is 75.4 Å². The Labute approximate surface area is 97.6 Å². The number of nitrogens with two attached hydrogens (primary N) is 1. The largest absolute Gasteiger partial charge is 0.394 e. The Hall–Kier alpha value is -0.610. The van der Waals surface area contributed by atoms with E-state index in [2.05, 4.69) is 5.32 Å². The Kier molecular flexibility index (Phi) is 4.33. The first kappa shape index (κ1) is 13.5. The monoisotopic (exact) mass is 228 g/mol. The highest BCUT2D eigenvalue weighted by Gasteiger charge is 2.37. The molecule has 0 aromatic carbocycles. The normalized spacial score (nSPS) is 23.5. The molecular formula is C12H24N2O2. The van der Waals surface area contributed by atoms with Crippen LogP contribution >= 0.6 is 0 Å². The third kappa shape index (κ3) is 2.95. The molecule has 0 bridgehead atoms. The van der Waals surface area contributed by atoms with Crippen LogP contribution in [0.1, 0.15) is 52.4 Å². The molecule has 0 aromatic rings. The van der Waals surface area contributed by atoms with Crippen LogP contribution in [-0.4, -0.2) is 28.7 Å². The number of carbonyl (C=O) groups is 1. The Bertz CT molecular complexity index is 245. The van der Waals surface area contributed by atoms with Gasteiger partial charge in [0.2, 0.25) is 5.91 Å². The van der Waals surface area contributed by atoms with Gasteiger partial charge in [0.05, 0.1) is 17.7 Å². The molecule has 0 saturated heterocycles. The average molecular weight is 228 g/mol. The summed E-state index contributed by atoms with van der Waals surface area (Å²) in [5.41, 5.74) is 4.64. The van der Waals surface area contributed by atoms with E-state index in [0.29, 0.717) is 6.42 Å². The van der Waals surface area contributed by atoms with E-state index in [1.807, 2.05) is 6.92 Å². The van der Waals surface area contributed by atoms with Gasteiger partial charge >= 0.3 is 0 Å². The lowest BCUT2D eigenvalue weighted by molar-refractivity contribution is -0.129. The second kappa shape index (κ2) is 5.15. The molecule has 1 amide bonds. The first-order valence-electron chi connectivity index (χ1n) is 6.18. The molecule has 4 nitrogen and oxygen atoms in total. The summed E-state index contributed by atoms with van der Waals surface area (Å²) >= 11 is 0. The Morgan fingerprint density at radius 3 is 2.44 bits per heavy atom. The maximum Gasteiger partial charge on any atom is 0.240 e. The molecule has 4 N–H and O–H groups in total. The van der Waals surface area contributed by atoms with Crippen molar-refractivity contribution >= 4 is 5.91 Å². The summed E-state index contributed by atoms with van der Waals surface area (Å²) in [5.74, 6) is -0.147. The van der Waals surface area contributed by atoms with E-state index in [9.17, 15) is 9.90 Å². The number of hydrogen-bond acceptors (Lipinski definition) is 3. The van der Waals surface area contributed by atoms with Crippen molar-refractivity contribution in [3.05, 3.63) is 0 Å². The molecule has 16 heavy (non-hydrogen) atoms. The van der Waals surface area contributed by atoms with Gasteiger partial charge in [0.25, 0.3) is 0 Å². The molecule has 94 valence electrons. The Morgan fingerprint density at radius 1 is 1.44 bits per heavy atom. The van der Waals surface area contributed by atoms with Gasteiger partial charge in [0.1, 0.15) is 0 Å². The van der Waals surface area contributed by atoms with Crippen molar-refractivity contribution in [2.24, 2.45) is 5.73 Å². The number of carbonyl (C=O) groups excluding carboxylic acids is 1. The van der Waals surface area contributed by atoms with Crippen molar-refractivity contribution in [1.29, 1.82) is 0 Å². The molecule has 1 aliphatic carbocycles. The predicted molar refractivity (Wildman–Crippen MR) is 63.9 cm³/mol. The van der Waals surface area contributed by atoms with Crippen LogP contribution in [0.4, 0.5) is 0 Å². The van der Waals surface area contributed by atoms with Crippen LogP contribution in [0.3, 0.4) is 0 Å². The second-order valence-electron chi connectivity index (χ2n) is 5.22. The Balaban J connectivity index is 2.66. The number of amides is 1. The highest BCUT2D eigenvalue weighted by atomic mass is 16.3. The van der Waals surface area contributed by atoms with Gasteiger partial charge in [-0.2, -0.15) is 0 Å². The minimum Gasteiger partial charge on any atom is -0.394 e. The van der Waals surface area contributed by atoms with Gasteiger partial charge in [-0.25, -0.2) is 0 Å². The molecule has 1 fully saturated rings. The second-order valence-corrected chi connectivity index (χ2v) is 5.22. The highest BCUT2D eigenvalue weighted by molar-refractivity contribution is 5.86. The zero-order valence-corrected chi connectivity index (χ0v) is 10.4. The van der Waals surface area contributed by atoms with Gasteiger partial charge in [0, 0.05) is 0 Å². The van der Waals surface area contributed by atoms with Crippen molar-refractivity contribution in [1.82, 2.24) is 5.32 Å². The van der Waals surface area contributed by atoms with Crippen molar-refractivity contribution < 1.29 is 9.90 Å². The summed E-state index contributed by atoms with van der Waals surface area (Å²) in [5, 5.41) is 12.4. The van der Waals surface area contributed by atoms with E-state index in [0.717, 1.165) is 25.7 Å². The maximum atomic E-state index is 12.0. The molecule has 1 saturated carbocycles. The van der Waals surface area contributed by atoms with Crippen LogP contribution in [0.5, 0.6) is 0 Å². The lowest BCUT2D eigenvalue weighted by Crippen LogP contribution is -2.60. The van der Waals surface area contributed by atoms with Crippen molar-refractivity contribution in [2.45, 2.75) is 63.5 Å². The predicted octanol–water partition coefficient (Wildman–Crippen LogP) is 0.925. The van der Waals surface area contributed by atoms with E-state index in [-0.39, 0.29) is 12.5 Å². The van der Waals surface area contributed by atoms with E-state index in [1.165, 1.54) is 6.42 Å². The summed E-state index contributed by atoms with van der Waals surface area (Å²) < 4.78 is 0. The van der Waals surface area contributed by atoms with Gasteiger partial charge in [-0.15, -0.1) is 0 Å². The third-order valence-corrected chi connectivity index (χ3v) is 3.75. The van der Waals surface area contributed by atoms with Crippen molar-refractivity contribution in [2.75, 3.05) is 6.61 Å². The van der Waals surface area contributed by atoms with Crippen LogP contribution in [0, 0.1) is 0 Å². The summed E-state index contributed by atoms with van der Waals surface area (Å²) in [4.78, 5) is 12.0. The minimum absolute atomic E-state index is 0.0124. The SMILES string of the molecule is CCC(C)(N)C(=O)NC1(CO)CCCCC1. The molecule has 1 unspecified atom stereocenters. The number of rotatable bonds is 4. The molecule has 1 atom stereocenters. The molecule has 4 heteroatoms. The quantitative estimate of drug-likeness (QED) is 0.670. The maximum absolute atomic E-state index is 12.0. The lowest BCUT2D eigenvalue weighted by Gasteiger charge is -2.38. The van der Waals surface area contributed by atoms with E-state index < -0.39 is 11.1 Å². The first-order chi connectivity index (χ1) is 7.46. The zero-order chi connectivity index (χ0) is 12.2. The van der Waals surface area contributed by atoms with E-state index in [1.54, 1.807) is 6.92 Å². The average Bonchev–Trinajstić information content (AvgIpc) is 2.30. The third-order valence-electron chi connectivity index (χ3n) is 3.75. The summed E-state index contributed by atoms with van der Waals surface area (Å²) in [7, 11) is 0. The van der Waals surface area contributed by atoms with Crippen LogP contribution in [0.2, 0.25) is 0 Å². The molecular weight excluding hydrogens is 204 g/mol. The van der Waals surface area contributed by atoms with Crippen LogP contribution < -0.4 is 11.1 Å². The highest BCUT2D eigenvalue weighted by Crippen LogP contribution is 2.28. The van der Waals surface area contributed by atoms with Crippen LogP contribution in [0.15, 0.2) is 0 Å². The fourth-order valence-electron chi connectivity index (χ4n) is 2.10. The minimum atomic E-state index is -0.834. The molecule has 0 radical (unpaired) electrons. The number of nitrogens with one attached hydrogen (secondary N) is 1. The van der Waals surface area contributed by atoms with Crippen molar-refractivity contribution in [3.63, 3.8) is 0 Å². The summed E-state index contributed by atoms with van der Waals surface area (Å²) in [6, 6.07) is 0. The van der Waals surface area contributed by atoms with Crippen molar-refractivity contribution in [3.8, 4) is 0 Å². The number of hydrogen-bond donors (Lipinski definition) is 3. The van der Waals surface area contributed by atoms with Gasteiger partial charge < -0.3 is 16.2 Å². The first-order valence-corrected chi connectivity index (χ1v) is 6.18. The molecule has 0 spiro atoms. The zero-order valence-electron chi connectivity index (χ0n) is 10.4. The standard InChI is InChI=1S/C12H24N2O2/c1-3-11(2,13)10(16)14-12(9-15)7-5-4-6-8-12/h15H,3-9,13H2,1-2H3,(H,14,16). The number of aliphatic hydroxyl groups excluding tert-OH is 1. The lowest BCUT2D eigenvalue weighted by atomic mass is 9.81. The van der Waals surface area contributed by atoms with Gasteiger partial charge in [-0.3, -0.25) is 4.79 Å². The fourth-order valence-corrected chi connectivity index (χ4v) is 2.10. The molecule has 0 aliphatic heterocycles. The van der Waals surface area contributed by atoms with Gasteiger partial charge in [0.15, 0.2) is 0 Å². The molecule has 0 aromatic heterocycles. The van der Waals surface area contributed by atoms with Gasteiger partial charge in [-0.05, 0) is 26.2 Å². The summed E-state index contributed by atoms with van der Waals surface area (Å²) in [6.45, 7) is 3.64. The smallest absolute Gasteiger partial charge is 0.240 e. The van der Waals surface area contributed by atoms with Crippen LogP contribution in [0.25, 0.3) is 0 Å². The van der Waals surface area contributed by atoms with E-state index >= 15 is 0 Å². The summed E-state index contributed by atoms with van der Waals surface area (Å²) in [6.07, 6.45) is 5.62. The fraction of sp³-hybridized carbons (Fsp3) is 0.917. The molecule has 1 aliphatic rings.